The predicted octanol–water partition coefficient (Wildman–Crippen LogP) is 2.33. The van der Waals surface area contributed by atoms with Crippen molar-refractivity contribution in [2.45, 2.75) is 0 Å². The molecule has 3 nitrogen and oxygen atoms in total. The van der Waals surface area contributed by atoms with Crippen LogP contribution in [0.5, 0.6) is 0 Å². The molecular formula is C11H15BrN2O. The highest BCUT2D eigenvalue weighted by Crippen LogP contribution is 2.31. The Hall–Kier alpha value is -0.740. The van der Waals surface area contributed by atoms with Crippen molar-refractivity contribution >= 4 is 27.3 Å². The summed E-state index contributed by atoms with van der Waals surface area (Å²) < 4.78 is 6.23. The van der Waals surface area contributed by atoms with E-state index in [1.165, 1.54) is 11.4 Å². The minimum absolute atomic E-state index is 0.773. The van der Waals surface area contributed by atoms with Gasteiger partial charge in [0.1, 0.15) is 0 Å². The van der Waals surface area contributed by atoms with Crippen molar-refractivity contribution in [2.24, 2.45) is 0 Å². The highest BCUT2D eigenvalue weighted by Gasteiger charge is 2.15. The third kappa shape index (κ3) is 2.44. The molecule has 0 amide bonds. The lowest BCUT2D eigenvalue weighted by atomic mass is 10.2. The van der Waals surface area contributed by atoms with Crippen LogP contribution in [0.3, 0.4) is 0 Å². The summed E-state index contributed by atoms with van der Waals surface area (Å²) in [6.45, 7) is 3.76. The lowest BCUT2D eigenvalue weighted by molar-refractivity contribution is 0.205. The highest BCUT2D eigenvalue weighted by atomic mass is 79.9. The van der Waals surface area contributed by atoms with E-state index in [4.69, 9.17) is 4.74 Å². The number of methoxy groups -OCH3 is 1. The highest BCUT2D eigenvalue weighted by molar-refractivity contribution is 9.10. The Labute approximate surface area is 98.5 Å². The first-order valence-corrected chi connectivity index (χ1v) is 5.88. The van der Waals surface area contributed by atoms with E-state index in [1.54, 1.807) is 7.11 Å². The minimum atomic E-state index is 0.773. The fourth-order valence-corrected chi connectivity index (χ4v) is 2.17. The second kappa shape index (κ2) is 4.86. The Morgan fingerprint density at radius 1 is 1.53 bits per heavy atom. The number of nitrogens with zero attached hydrogens (tertiary/aromatic N) is 1. The summed E-state index contributed by atoms with van der Waals surface area (Å²) in [6, 6.07) is 6.33. The number of halogens is 1. The van der Waals surface area contributed by atoms with Gasteiger partial charge in [0.05, 0.1) is 18.0 Å². The maximum absolute atomic E-state index is 5.11. The molecule has 0 aliphatic carbocycles. The van der Waals surface area contributed by atoms with Crippen LogP contribution in [0, 0.1) is 0 Å². The topological polar surface area (TPSA) is 24.5 Å². The van der Waals surface area contributed by atoms with Crippen LogP contribution in [0.25, 0.3) is 0 Å². The SMILES string of the molecule is COCCN1CCNc2cc(Br)ccc21. The maximum atomic E-state index is 5.11. The number of anilines is 2. The summed E-state index contributed by atoms with van der Waals surface area (Å²) in [7, 11) is 1.74. The zero-order chi connectivity index (χ0) is 10.7. The molecule has 1 aromatic rings. The monoisotopic (exact) mass is 270 g/mol. The first-order valence-electron chi connectivity index (χ1n) is 5.08. The van der Waals surface area contributed by atoms with Crippen molar-refractivity contribution in [3.05, 3.63) is 22.7 Å². The van der Waals surface area contributed by atoms with Gasteiger partial charge in [-0.05, 0) is 18.2 Å². The second-order valence-corrected chi connectivity index (χ2v) is 4.48. The van der Waals surface area contributed by atoms with Crippen LogP contribution in [0.4, 0.5) is 11.4 Å². The van der Waals surface area contributed by atoms with Crippen LogP contribution in [0.2, 0.25) is 0 Å². The maximum Gasteiger partial charge on any atom is 0.0637 e. The number of fused-ring (bicyclic) bond motifs is 1. The molecule has 0 bridgehead atoms. The molecule has 1 aliphatic rings. The van der Waals surface area contributed by atoms with E-state index in [-0.39, 0.29) is 0 Å². The van der Waals surface area contributed by atoms with Crippen LogP contribution in [-0.4, -0.2) is 33.4 Å². The molecule has 82 valence electrons. The van der Waals surface area contributed by atoms with Crippen molar-refractivity contribution in [2.75, 3.05) is 43.6 Å². The van der Waals surface area contributed by atoms with Gasteiger partial charge in [-0.1, -0.05) is 15.9 Å². The van der Waals surface area contributed by atoms with Crippen LogP contribution in [0.1, 0.15) is 0 Å². The Kier molecular flexibility index (Phi) is 3.49. The summed E-state index contributed by atoms with van der Waals surface area (Å²) in [4.78, 5) is 2.35. The van der Waals surface area contributed by atoms with Crippen molar-refractivity contribution < 1.29 is 4.74 Å². The first kappa shape index (κ1) is 10.8. The third-order valence-corrected chi connectivity index (χ3v) is 3.06. The lowest BCUT2D eigenvalue weighted by Gasteiger charge is -2.32. The predicted molar refractivity (Wildman–Crippen MR) is 66.7 cm³/mol. The average molecular weight is 271 g/mol. The van der Waals surface area contributed by atoms with Gasteiger partial charge in [-0.25, -0.2) is 0 Å². The number of hydrogen-bond donors (Lipinski definition) is 1. The molecule has 0 atom stereocenters. The van der Waals surface area contributed by atoms with Gasteiger partial charge in [0.25, 0.3) is 0 Å². The molecular weight excluding hydrogens is 256 g/mol. The van der Waals surface area contributed by atoms with E-state index in [2.05, 4.69) is 44.3 Å². The molecule has 0 spiro atoms. The average Bonchev–Trinajstić information content (AvgIpc) is 2.25. The van der Waals surface area contributed by atoms with Gasteiger partial charge in [-0.15, -0.1) is 0 Å². The second-order valence-electron chi connectivity index (χ2n) is 3.57. The van der Waals surface area contributed by atoms with Crippen LogP contribution >= 0.6 is 15.9 Å². The first-order chi connectivity index (χ1) is 7.31. The fraction of sp³-hybridized carbons (Fsp3) is 0.455. The number of benzene rings is 1. The Bertz CT molecular complexity index is 343. The van der Waals surface area contributed by atoms with Crippen molar-refractivity contribution in [3.63, 3.8) is 0 Å². The van der Waals surface area contributed by atoms with Crippen molar-refractivity contribution in [1.29, 1.82) is 0 Å². The molecule has 0 unspecified atom stereocenters. The molecule has 2 rings (SSSR count). The summed E-state index contributed by atoms with van der Waals surface area (Å²) in [5.74, 6) is 0. The van der Waals surface area contributed by atoms with Crippen LogP contribution in [-0.2, 0) is 4.74 Å². The zero-order valence-electron chi connectivity index (χ0n) is 8.79. The van der Waals surface area contributed by atoms with Gasteiger partial charge in [0.2, 0.25) is 0 Å². The number of hydrogen-bond acceptors (Lipinski definition) is 3. The van der Waals surface area contributed by atoms with Gasteiger partial charge < -0.3 is 15.0 Å². The van der Waals surface area contributed by atoms with Gasteiger partial charge >= 0.3 is 0 Å². The molecule has 0 fully saturated rings. The van der Waals surface area contributed by atoms with Gasteiger partial charge in [0.15, 0.2) is 0 Å². The van der Waals surface area contributed by atoms with E-state index in [9.17, 15) is 0 Å². The van der Waals surface area contributed by atoms with Gasteiger partial charge in [-0.3, -0.25) is 0 Å². The van der Waals surface area contributed by atoms with Gasteiger partial charge in [0, 0.05) is 31.2 Å². The van der Waals surface area contributed by atoms with Crippen molar-refractivity contribution in [1.82, 2.24) is 0 Å². The third-order valence-electron chi connectivity index (χ3n) is 2.56. The Balaban J connectivity index is 2.18. The summed E-state index contributed by atoms with van der Waals surface area (Å²) in [5.41, 5.74) is 2.47. The standard InChI is InChI=1S/C11H15BrN2O/c1-15-7-6-14-5-4-13-10-8-9(12)2-3-11(10)14/h2-3,8,13H,4-7H2,1H3. The molecule has 0 saturated heterocycles. The molecule has 1 heterocycles. The smallest absolute Gasteiger partial charge is 0.0637 e. The van der Waals surface area contributed by atoms with Crippen LogP contribution in [0.15, 0.2) is 22.7 Å². The number of nitrogens with one attached hydrogen (secondary N) is 1. The quantitative estimate of drug-likeness (QED) is 0.913. The summed E-state index contributed by atoms with van der Waals surface area (Å²) in [6.07, 6.45) is 0. The number of ether oxygens (including phenoxy) is 1. The molecule has 1 aliphatic heterocycles. The van der Waals surface area contributed by atoms with E-state index in [0.717, 1.165) is 30.7 Å². The molecule has 0 radical (unpaired) electrons. The van der Waals surface area contributed by atoms with Gasteiger partial charge in [-0.2, -0.15) is 0 Å². The Morgan fingerprint density at radius 2 is 2.40 bits per heavy atom. The molecule has 15 heavy (non-hydrogen) atoms. The van der Waals surface area contributed by atoms with E-state index >= 15 is 0 Å². The van der Waals surface area contributed by atoms with E-state index in [0.29, 0.717) is 0 Å². The van der Waals surface area contributed by atoms with Crippen molar-refractivity contribution in [3.8, 4) is 0 Å². The van der Waals surface area contributed by atoms with Crippen LogP contribution < -0.4 is 10.2 Å². The lowest BCUT2D eigenvalue weighted by Crippen LogP contribution is -2.36. The van der Waals surface area contributed by atoms with E-state index in [1.807, 2.05) is 0 Å². The minimum Gasteiger partial charge on any atom is -0.383 e. The number of rotatable bonds is 3. The normalized spacial score (nSPS) is 14.7. The molecule has 0 saturated carbocycles. The van der Waals surface area contributed by atoms with E-state index < -0.39 is 0 Å². The summed E-state index contributed by atoms with van der Waals surface area (Å²) in [5, 5.41) is 3.40. The molecule has 1 N–H and O–H groups in total. The largest absolute Gasteiger partial charge is 0.383 e. The molecule has 1 aromatic carbocycles. The fourth-order valence-electron chi connectivity index (χ4n) is 1.81. The summed E-state index contributed by atoms with van der Waals surface area (Å²) >= 11 is 3.48. The molecule has 4 heteroatoms. The molecule has 0 aromatic heterocycles. The zero-order valence-corrected chi connectivity index (χ0v) is 10.4. The Morgan fingerprint density at radius 3 is 3.20 bits per heavy atom.